The molecule has 0 heterocycles. The summed E-state index contributed by atoms with van der Waals surface area (Å²) in [6.45, 7) is 3.67. The monoisotopic (exact) mass is 873 g/mol. The number of hydrogen-bond acceptors (Lipinski definition) is 11. The molecule has 0 aliphatic heterocycles. The Morgan fingerprint density at radius 1 is 0.533 bits per heavy atom. The van der Waals surface area contributed by atoms with E-state index in [0.717, 1.165) is 51.4 Å². The van der Waals surface area contributed by atoms with Gasteiger partial charge in [0.1, 0.15) is 43.2 Å². The Kier molecular flexibility index (Phi) is 35.3. The summed E-state index contributed by atoms with van der Waals surface area (Å²) in [5.41, 5.74) is 0. The summed E-state index contributed by atoms with van der Waals surface area (Å²) >= 11 is 0. The highest BCUT2D eigenvalue weighted by Crippen LogP contribution is 2.47. The molecule has 8 atom stereocenters. The SMILES string of the molecule is CCCCC/C=C\C/C=C\C/C=C\CCCCC(=O)O[C@H](CO/C=C\CCCCCCCCCCCCCCCCCC)COP(=O)(O)OC1C(O)C(O)C(O)[C@@H](O)C1O. The molecule has 0 aromatic heterocycles. The molecule has 0 aromatic rings. The topological polar surface area (TPSA) is 192 Å². The van der Waals surface area contributed by atoms with Crippen LogP contribution < -0.4 is 0 Å². The molecule has 6 N–H and O–H groups in total. The zero-order valence-corrected chi connectivity index (χ0v) is 38.1. The minimum atomic E-state index is -5.04. The van der Waals surface area contributed by atoms with Gasteiger partial charge in [0.05, 0.1) is 12.9 Å². The van der Waals surface area contributed by atoms with Crippen LogP contribution in [0.15, 0.2) is 48.8 Å². The molecule has 0 saturated heterocycles. The predicted molar refractivity (Wildman–Crippen MR) is 239 cm³/mol. The number of ether oxygens (including phenoxy) is 2. The minimum Gasteiger partial charge on any atom is -0.498 e. The molecule has 0 bridgehead atoms. The van der Waals surface area contributed by atoms with Crippen LogP contribution >= 0.6 is 7.82 Å². The minimum absolute atomic E-state index is 0.121. The molecular formula is C47H85O12P. The van der Waals surface area contributed by atoms with E-state index in [1.807, 2.05) is 6.08 Å². The fraction of sp³-hybridized carbons (Fsp3) is 0.809. The first kappa shape index (κ1) is 56.2. The van der Waals surface area contributed by atoms with Crippen molar-refractivity contribution in [3.8, 4) is 0 Å². The number of allylic oxidation sites excluding steroid dienone is 7. The highest BCUT2D eigenvalue weighted by atomic mass is 31.2. The van der Waals surface area contributed by atoms with Gasteiger partial charge in [-0.25, -0.2) is 4.57 Å². The molecule has 1 aliphatic rings. The molecule has 1 aliphatic carbocycles. The maximum atomic E-state index is 12.8. The van der Waals surface area contributed by atoms with Crippen LogP contribution in [0.4, 0.5) is 0 Å². The highest BCUT2D eigenvalue weighted by Gasteiger charge is 2.51. The Morgan fingerprint density at radius 2 is 0.933 bits per heavy atom. The number of aliphatic hydroxyl groups excluding tert-OH is 5. The lowest BCUT2D eigenvalue weighted by molar-refractivity contribution is -0.220. The molecule has 60 heavy (non-hydrogen) atoms. The van der Waals surface area contributed by atoms with Gasteiger partial charge in [-0.3, -0.25) is 13.8 Å². The summed E-state index contributed by atoms with van der Waals surface area (Å²) in [6, 6.07) is 0. The summed E-state index contributed by atoms with van der Waals surface area (Å²) in [5.74, 6) is -0.536. The molecule has 0 aromatic carbocycles. The van der Waals surface area contributed by atoms with Crippen LogP contribution in [0.2, 0.25) is 0 Å². The van der Waals surface area contributed by atoms with Crippen molar-refractivity contribution in [2.75, 3.05) is 13.2 Å². The summed E-state index contributed by atoms with van der Waals surface area (Å²) in [5, 5.41) is 50.1. The molecule has 1 rings (SSSR count). The van der Waals surface area contributed by atoms with E-state index < -0.39 is 63.1 Å². The normalized spacial score (nSPS) is 22.7. The first-order chi connectivity index (χ1) is 29.0. The molecule has 1 saturated carbocycles. The Labute approximate surface area is 363 Å². The van der Waals surface area contributed by atoms with Crippen LogP contribution in [0.1, 0.15) is 187 Å². The average Bonchev–Trinajstić information content (AvgIpc) is 3.23. The quantitative estimate of drug-likeness (QED) is 0.0113. The molecule has 0 amide bonds. The third kappa shape index (κ3) is 29.4. The van der Waals surface area contributed by atoms with Gasteiger partial charge in [0.25, 0.3) is 0 Å². The Morgan fingerprint density at radius 3 is 1.45 bits per heavy atom. The standard InChI is InChI=1S/C47H85O12P/c1-3-5-7-9-11-13-15-17-19-20-21-23-25-27-29-31-33-35-37-56-38-40(39-57-60(54,55)59-47-45(52)43(50)42(49)44(51)46(47)53)58-41(48)36-34-32-30-28-26-24-22-18-16-14-12-10-8-6-4-2/h12,14,18,22,26,28,35,37,40,42-47,49-53H,3-11,13,15-17,19-21,23-25,27,29-34,36,38-39H2,1-2H3,(H,54,55)/b14-12-,22-18-,28-26-,37-35-/t40-,42?,43-,44?,45?,46?,47?/m1/s1. The van der Waals surface area contributed by atoms with E-state index in [4.69, 9.17) is 18.5 Å². The van der Waals surface area contributed by atoms with Gasteiger partial charge < -0.3 is 39.9 Å². The maximum Gasteiger partial charge on any atom is 0.472 e. The molecule has 0 spiro atoms. The first-order valence-corrected chi connectivity index (χ1v) is 25.0. The fourth-order valence-electron chi connectivity index (χ4n) is 6.97. The van der Waals surface area contributed by atoms with Gasteiger partial charge in [0, 0.05) is 6.42 Å². The second kappa shape index (κ2) is 37.7. The molecule has 1 fully saturated rings. The van der Waals surface area contributed by atoms with Gasteiger partial charge in [-0.15, -0.1) is 0 Å². The number of carbonyl (C=O) groups excluding carboxylic acids is 1. The maximum absolute atomic E-state index is 12.8. The van der Waals surface area contributed by atoms with Gasteiger partial charge in [0.15, 0.2) is 6.10 Å². The van der Waals surface area contributed by atoms with Crippen LogP contribution in [-0.2, 0) is 27.9 Å². The highest BCUT2D eigenvalue weighted by molar-refractivity contribution is 7.47. The molecule has 13 heteroatoms. The van der Waals surface area contributed by atoms with E-state index in [0.29, 0.717) is 6.42 Å². The van der Waals surface area contributed by atoms with Crippen molar-refractivity contribution in [2.24, 2.45) is 0 Å². The summed E-state index contributed by atoms with van der Waals surface area (Å²) in [4.78, 5) is 23.1. The summed E-state index contributed by atoms with van der Waals surface area (Å²) in [7, 11) is -5.04. The molecule has 0 radical (unpaired) electrons. The summed E-state index contributed by atoms with van der Waals surface area (Å²) in [6.07, 6.45) is 34.1. The number of phosphoric ester groups is 1. The number of aliphatic hydroxyl groups is 5. The van der Waals surface area contributed by atoms with Crippen molar-refractivity contribution in [2.45, 2.75) is 230 Å². The van der Waals surface area contributed by atoms with Crippen molar-refractivity contribution in [1.29, 1.82) is 0 Å². The van der Waals surface area contributed by atoms with Crippen LogP contribution in [0.3, 0.4) is 0 Å². The van der Waals surface area contributed by atoms with Crippen molar-refractivity contribution in [3.05, 3.63) is 48.8 Å². The van der Waals surface area contributed by atoms with E-state index in [1.54, 1.807) is 0 Å². The Bertz CT molecular complexity index is 1180. The zero-order chi connectivity index (χ0) is 44.1. The first-order valence-electron chi connectivity index (χ1n) is 23.5. The Hall–Kier alpha value is -1.86. The van der Waals surface area contributed by atoms with Crippen molar-refractivity contribution in [1.82, 2.24) is 0 Å². The largest absolute Gasteiger partial charge is 0.498 e. The molecule has 350 valence electrons. The predicted octanol–water partition coefficient (Wildman–Crippen LogP) is 9.99. The molecule has 6 unspecified atom stereocenters. The number of carbonyl (C=O) groups is 1. The lowest BCUT2D eigenvalue weighted by Gasteiger charge is -2.41. The van der Waals surface area contributed by atoms with Gasteiger partial charge in [-0.2, -0.15) is 0 Å². The van der Waals surface area contributed by atoms with Gasteiger partial charge in [-0.1, -0.05) is 159 Å². The van der Waals surface area contributed by atoms with Gasteiger partial charge in [-0.05, 0) is 63.9 Å². The van der Waals surface area contributed by atoms with Crippen LogP contribution in [0.5, 0.6) is 0 Å². The van der Waals surface area contributed by atoms with Crippen LogP contribution in [-0.4, -0.2) is 92.3 Å². The zero-order valence-electron chi connectivity index (χ0n) is 37.2. The number of unbranched alkanes of at least 4 members (excludes halogenated alkanes) is 21. The van der Waals surface area contributed by atoms with Crippen LogP contribution in [0, 0.1) is 0 Å². The number of hydrogen-bond donors (Lipinski definition) is 6. The molecule has 12 nitrogen and oxygen atoms in total. The van der Waals surface area contributed by atoms with E-state index >= 15 is 0 Å². The van der Waals surface area contributed by atoms with E-state index in [2.05, 4.69) is 50.3 Å². The average molecular weight is 873 g/mol. The van der Waals surface area contributed by atoms with Crippen molar-refractivity contribution < 1.29 is 58.3 Å². The number of esters is 1. The third-order valence-electron chi connectivity index (χ3n) is 10.8. The van der Waals surface area contributed by atoms with Crippen LogP contribution in [0.25, 0.3) is 0 Å². The second-order valence-corrected chi connectivity index (χ2v) is 17.7. The second-order valence-electron chi connectivity index (χ2n) is 16.3. The molecular weight excluding hydrogens is 787 g/mol. The van der Waals surface area contributed by atoms with E-state index in [9.17, 15) is 39.8 Å². The smallest absolute Gasteiger partial charge is 0.472 e. The Balaban J connectivity index is 2.44. The lowest BCUT2D eigenvalue weighted by Crippen LogP contribution is -2.64. The van der Waals surface area contributed by atoms with Gasteiger partial charge in [0.2, 0.25) is 0 Å². The van der Waals surface area contributed by atoms with E-state index in [-0.39, 0.29) is 13.0 Å². The summed E-state index contributed by atoms with van der Waals surface area (Å²) < 4.78 is 33.9. The van der Waals surface area contributed by atoms with E-state index in [1.165, 1.54) is 115 Å². The van der Waals surface area contributed by atoms with Crippen molar-refractivity contribution >= 4 is 13.8 Å². The van der Waals surface area contributed by atoms with Gasteiger partial charge >= 0.3 is 13.8 Å². The number of rotatable bonds is 39. The van der Waals surface area contributed by atoms with Crippen molar-refractivity contribution in [3.63, 3.8) is 0 Å². The third-order valence-corrected chi connectivity index (χ3v) is 11.8. The lowest BCUT2D eigenvalue weighted by atomic mass is 9.85. The number of phosphoric acid groups is 1. The fourth-order valence-corrected chi connectivity index (χ4v) is 7.95.